The van der Waals surface area contributed by atoms with Crippen LogP contribution in [-0.2, 0) is 13.5 Å². The second-order valence-electron chi connectivity index (χ2n) is 6.02. The normalized spacial score (nSPS) is 14.0. The number of imidazole rings is 1. The average molecular weight is 317 g/mol. The summed E-state index contributed by atoms with van der Waals surface area (Å²) in [6.07, 6.45) is 11.3. The van der Waals surface area contributed by atoms with Crippen LogP contribution in [0.1, 0.15) is 23.6 Å². The van der Waals surface area contributed by atoms with Gasteiger partial charge in [-0.25, -0.2) is 4.98 Å². The third kappa shape index (κ3) is 2.00. The molecule has 0 bridgehead atoms. The van der Waals surface area contributed by atoms with Gasteiger partial charge >= 0.3 is 0 Å². The van der Waals surface area contributed by atoms with Gasteiger partial charge < -0.3 is 9.40 Å². The topological polar surface area (TPSA) is 72.5 Å². The highest BCUT2D eigenvalue weighted by molar-refractivity contribution is 5.93. The number of furan rings is 1. The van der Waals surface area contributed by atoms with E-state index in [2.05, 4.69) is 26.1 Å². The Bertz CT molecular complexity index is 1080. The fraction of sp³-hybridized carbons (Fsp3) is 0.167. The van der Waals surface area contributed by atoms with Gasteiger partial charge in [0.25, 0.3) is 0 Å². The molecule has 0 saturated carbocycles. The van der Waals surface area contributed by atoms with Crippen LogP contribution in [0.2, 0.25) is 0 Å². The number of aromatic nitrogens is 5. The number of nitrogens with zero attached hydrogens (tertiary/aromatic N) is 4. The highest BCUT2D eigenvalue weighted by Crippen LogP contribution is 2.35. The van der Waals surface area contributed by atoms with Gasteiger partial charge in [-0.1, -0.05) is 0 Å². The molecule has 0 radical (unpaired) electrons. The summed E-state index contributed by atoms with van der Waals surface area (Å²) in [7, 11) is 1.91. The van der Waals surface area contributed by atoms with Gasteiger partial charge in [-0.2, -0.15) is 5.10 Å². The molecule has 6 nitrogen and oxygen atoms in total. The molecule has 0 fully saturated rings. The third-order valence-electron chi connectivity index (χ3n) is 4.45. The minimum Gasteiger partial charge on any atom is -0.454 e. The van der Waals surface area contributed by atoms with E-state index < -0.39 is 0 Å². The van der Waals surface area contributed by atoms with Crippen LogP contribution in [0, 0.1) is 0 Å². The Balaban J connectivity index is 1.65. The van der Waals surface area contributed by atoms with E-state index in [-0.39, 0.29) is 0 Å². The first-order valence-corrected chi connectivity index (χ1v) is 7.89. The Kier molecular flexibility index (Phi) is 2.73. The number of hydrogen-bond donors (Lipinski definition) is 1. The van der Waals surface area contributed by atoms with Crippen molar-refractivity contribution in [3.05, 3.63) is 54.2 Å². The Morgan fingerprint density at radius 1 is 1.25 bits per heavy atom. The highest BCUT2D eigenvalue weighted by Gasteiger charge is 2.18. The molecular formula is C18H15N5O. The molecule has 118 valence electrons. The molecular weight excluding hydrogens is 302 g/mol. The number of rotatable bonds is 2. The Hall–Kier alpha value is -3.15. The lowest BCUT2D eigenvalue weighted by atomic mass is 9.98. The van der Waals surface area contributed by atoms with Crippen LogP contribution >= 0.6 is 0 Å². The standard InChI is InChI=1S/C18H15N5O/c1-23-9-12(8-22-23)13-4-5-19-16-7-17(24-18(13)16)11-2-3-14-15(6-11)21-10-20-14/h4-10H,2-3H2,1H3,(H,20,21). The van der Waals surface area contributed by atoms with E-state index in [0.29, 0.717) is 0 Å². The molecule has 1 N–H and O–H groups in total. The molecule has 0 saturated heterocycles. The second kappa shape index (κ2) is 4.92. The fourth-order valence-corrected chi connectivity index (χ4v) is 3.23. The van der Waals surface area contributed by atoms with E-state index in [9.17, 15) is 0 Å². The van der Waals surface area contributed by atoms with Gasteiger partial charge in [-0.15, -0.1) is 0 Å². The maximum absolute atomic E-state index is 6.19. The van der Waals surface area contributed by atoms with Crippen LogP contribution in [-0.4, -0.2) is 24.7 Å². The third-order valence-corrected chi connectivity index (χ3v) is 4.45. The van der Waals surface area contributed by atoms with Crippen LogP contribution in [0.4, 0.5) is 0 Å². The van der Waals surface area contributed by atoms with Crippen molar-refractivity contribution in [3.63, 3.8) is 0 Å². The van der Waals surface area contributed by atoms with E-state index in [1.807, 2.05) is 37.8 Å². The summed E-state index contributed by atoms with van der Waals surface area (Å²) in [4.78, 5) is 12.0. The SMILES string of the molecule is Cn1cc(-c2ccnc3cc(C4=Cc5nc[nH]c5CC4)oc23)cn1. The molecule has 0 unspecified atom stereocenters. The van der Waals surface area contributed by atoms with Crippen LogP contribution in [0.5, 0.6) is 0 Å². The number of nitrogens with one attached hydrogen (secondary N) is 1. The molecule has 0 atom stereocenters. The number of H-pyrrole nitrogens is 1. The van der Waals surface area contributed by atoms with Gasteiger partial charge in [0.2, 0.25) is 0 Å². The second-order valence-corrected chi connectivity index (χ2v) is 6.02. The van der Waals surface area contributed by atoms with Crippen LogP contribution in [0.3, 0.4) is 0 Å². The molecule has 6 heteroatoms. The van der Waals surface area contributed by atoms with Crippen molar-refractivity contribution in [2.24, 2.45) is 7.05 Å². The molecule has 0 amide bonds. The Morgan fingerprint density at radius 2 is 2.21 bits per heavy atom. The van der Waals surface area contributed by atoms with E-state index in [1.54, 1.807) is 11.0 Å². The van der Waals surface area contributed by atoms with Crippen LogP contribution in [0.15, 0.2) is 41.5 Å². The summed E-state index contributed by atoms with van der Waals surface area (Å²) in [6, 6.07) is 3.98. The molecule has 0 aliphatic heterocycles. The zero-order chi connectivity index (χ0) is 16.1. The lowest BCUT2D eigenvalue weighted by Crippen LogP contribution is -1.97. The quantitative estimate of drug-likeness (QED) is 0.614. The lowest BCUT2D eigenvalue weighted by Gasteiger charge is -2.09. The first kappa shape index (κ1) is 13.3. The molecule has 5 rings (SSSR count). The zero-order valence-corrected chi connectivity index (χ0v) is 13.2. The smallest absolute Gasteiger partial charge is 0.161 e. The zero-order valence-electron chi connectivity index (χ0n) is 13.2. The van der Waals surface area contributed by atoms with E-state index in [4.69, 9.17) is 4.42 Å². The van der Waals surface area contributed by atoms with Gasteiger partial charge in [0.1, 0.15) is 11.3 Å². The Labute approximate surface area is 137 Å². The lowest BCUT2D eigenvalue weighted by molar-refractivity contribution is 0.596. The summed E-state index contributed by atoms with van der Waals surface area (Å²) in [5.41, 5.74) is 7.04. The number of aryl methyl sites for hydroxylation is 2. The van der Waals surface area contributed by atoms with Gasteiger partial charge in [-0.05, 0) is 30.6 Å². The van der Waals surface area contributed by atoms with Gasteiger partial charge in [0, 0.05) is 42.3 Å². The van der Waals surface area contributed by atoms with Crippen LogP contribution < -0.4 is 0 Å². The summed E-state index contributed by atoms with van der Waals surface area (Å²) < 4.78 is 7.97. The summed E-state index contributed by atoms with van der Waals surface area (Å²) in [5.74, 6) is 0.863. The van der Waals surface area contributed by atoms with Crippen molar-refractivity contribution in [1.29, 1.82) is 0 Å². The molecule has 0 aromatic carbocycles. The predicted octanol–water partition coefficient (Wildman–Crippen LogP) is 3.44. The van der Waals surface area contributed by atoms with E-state index >= 15 is 0 Å². The fourth-order valence-electron chi connectivity index (χ4n) is 3.23. The predicted molar refractivity (Wildman–Crippen MR) is 91.0 cm³/mol. The first-order valence-electron chi connectivity index (χ1n) is 7.89. The molecule has 1 aliphatic rings. The van der Waals surface area contributed by atoms with E-state index in [0.717, 1.165) is 52.1 Å². The molecule has 0 spiro atoms. The van der Waals surface area contributed by atoms with Crippen molar-refractivity contribution >= 4 is 22.7 Å². The first-order chi connectivity index (χ1) is 11.8. The number of aromatic amines is 1. The van der Waals surface area contributed by atoms with Gasteiger partial charge in [-0.3, -0.25) is 9.67 Å². The highest BCUT2D eigenvalue weighted by atomic mass is 16.3. The average Bonchev–Trinajstić information content (AvgIpc) is 3.32. The number of allylic oxidation sites excluding steroid dienone is 1. The summed E-state index contributed by atoms with van der Waals surface area (Å²) in [5, 5.41) is 4.25. The summed E-state index contributed by atoms with van der Waals surface area (Å²) >= 11 is 0. The summed E-state index contributed by atoms with van der Waals surface area (Å²) in [6.45, 7) is 0. The maximum Gasteiger partial charge on any atom is 0.161 e. The molecule has 1 aliphatic carbocycles. The van der Waals surface area contributed by atoms with Gasteiger partial charge in [0.15, 0.2) is 5.58 Å². The van der Waals surface area contributed by atoms with Crippen molar-refractivity contribution in [1.82, 2.24) is 24.7 Å². The van der Waals surface area contributed by atoms with Crippen molar-refractivity contribution in [2.45, 2.75) is 12.8 Å². The van der Waals surface area contributed by atoms with Gasteiger partial charge in [0.05, 0.1) is 18.2 Å². The monoisotopic (exact) mass is 317 g/mol. The minimum absolute atomic E-state index is 0.800. The van der Waals surface area contributed by atoms with Crippen molar-refractivity contribution < 1.29 is 4.42 Å². The van der Waals surface area contributed by atoms with Crippen molar-refractivity contribution in [3.8, 4) is 11.1 Å². The van der Waals surface area contributed by atoms with Crippen molar-refractivity contribution in [2.75, 3.05) is 0 Å². The maximum atomic E-state index is 6.19. The number of pyridine rings is 1. The largest absolute Gasteiger partial charge is 0.454 e. The molecule has 24 heavy (non-hydrogen) atoms. The van der Waals surface area contributed by atoms with Crippen LogP contribution in [0.25, 0.3) is 33.9 Å². The number of fused-ring (bicyclic) bond motifs is 2. The van der Waals surface area contributed by atoms with E-state index in [1.165, 1.54) is 5.69 Å². The molecule has 4 aromatic heterocycles. The Morgan fingerprint density at radius 3 is 3.08 bits per heavy atom. The minimum atomic E-state index is 0.800. The number of hydrogen-bond acceptors (Lipinski definition) is 4. The molecule has 4 aromatic rings. The molecule has 4 heterocycles.